The highest BCUT2D eigenvalue weighted by Gasteiger charge is 2.25. The Hall–Kier alpha value is -1.38. The summed E-state index contributed by atoms with van der Waals surface area (Å²) in [4.78, 5) is 24.4. The smallest absolute Gasteiger partial charge is 0.328 e. The number of hydrogen-bond donors (Lipinski definition) is 4. The molecule has 1 heterocycles. The van der Waals surface area contributed by atoms with Crippen LogP contribution in [0.4, 0.5) is 4.79 Å². The molecule has 0 aliphatic carbocycles. The number of likely N-dealkylation sites (N-methyl/N-ethyl adjacent to an activating group) is 1. The number of carbonyl (C=O) groups is 2. The van der Waals surface area contributed by atoms with Crippen molar-refractivity contribution >= 4 is 12.0 Å². The van der Waals surface area contributed by atoms with E-state index in [0.717, 1.165) is 6.54 Å². The molecule has 0 bridgehead atoms. The Bertz CT molecular complexity index is 323. The van der Waals surface area contributed by atoms with Gasteiger partial charge in [0.25, 0.3) is 0 Å². The molecule has 0 spiro atoms. The third kappa shape index (κ3) is 5.41. The Kier molecular flexibility index (Phi) is 6.00. The van der Waals surface area contributed by atoms with Gasteiger partial charge in [-0.05, 0) is 14.0 Å². The Balaban J connectivity index is 2.32. The number of aliphatic hydroxyl groups is 1. The van der Waals surface area contributed by atoms with E-state index in [0.29, 0.717) is 19.7 Å². The third-order valence-electron chi connectivity index (χ3n) is 2.87. The van der Waals surface area contributed by atoms with Gasteiger partial charge in [0.15, 0.2) is 6.04 Å². The van der Waals surface area contributed by atoms with Gasteiger partial charge < -0.3 is 30.5 Å². The van der Waals surface area contributed by atoms with Crippen molar-refractivity contribution in [2.75, 3.05) is 33.3 Å². The first-order valence-electron chi connectivity index (χ1n) is 6.15. The summed E-state index contributed by atoms with van der Waals surface area (Å²) in [6.07, 6.45) is -1.28. The van der Waals surface area contributed by atoms with Gasteiger partial charge in [-0.25, -0.2) is 9.59 Å². The number of hydrogen-bond acceptors (Lipinski definition) is 5. The van der Waals surface area contributed by atoms with Crippen molar-refractivity contribution in [3.05, 3.63) is 0 Å². The van der Waals surface area contributed by atoms with Crippen molar-refractivity contribution < 1.29 is 24.5 Å². The molecule has 0 aromatic heterocycles. The van der Waals surface area contributed by atoms with Crippen molar-refractivity contribution in [2.24, 2.45) is 0 Å². The maximum absolute atomic E-state index is 11.5. The lowest BCUT2D eigenvalue weighted by Gasteiger charge is -2.30. The van der Waals surface area contributed by atoms with E-state index in [1.165, 1.54) is 6.92 Å². The molecule has 0 radical (unpaired) electrons. The first kappa shape index (κ1) is 15.7. The molecule has 0 saturated carbocycles. The van der Waals surface area contributed by atoms with E-state index in [1.807, 2.05) is 7.05 Å². The molecule has 8 nitrogen and oxygen atoms in total. The number of morpholine rings is 1. The SMILES string of the molecule is CC(O)C(NC(=O)NCC1CN(C)CCO1)C(=O)O. The molecule has 1 aliphatic heterocycles. The zero-order valence-electron chi connectivity index (χ0n) is 11.1. The second-order valence-corrected chi connectivity index (χ2v) is 4.67. The molecule has 19 heavy (non-hydrogen) atoms. The van der Waals surface area contributed by atoms with E-state index in [-0.39, 0.29) is 6.10 Å². The lowest BCUT2D eigenvalue weighted by atomic mass is 10.2. The summed E-state index contributed by atoms with van der Waals surface area (Å²) in [5.41, 5.74) is 0. The van der Waals surface area contributed by atoms with Gasteiger partial charge >= 0.3 is 12.0 Å². The fourth-order valence-electron chi connectivity index (χ4n) is 1.78. The van der Waals surface area contributed by atoms with Gasteiger partial charge in [0.2, 0.25) is 0 Å². The standard InChI is InChI=1S/C11H21N3O5/c1-7(15)9(10(16)17)13-11(18)12-5-8-6-14(2)3-4-19-8/h7-9,15H,3-6H2,1-2H3,(H,16,17)(H2,12,13,18). The number of nitrogens with zero attached hydrogens (tertiary/aromatic N) is 1. The van der Waals surface area contributed by atoms with Crippen LogP contribution in [0, 0.1) is 0 Å². The molecule has 1 fully saturated rings. The average Bonchev–Trinajstić information content (AvgIpc) is 2.32. The predicted molar refractivity (Wildman–Crippen MR) is 66.9 cm³/mol. The number of aliphatic carboxylic acids is 1. The van der Waals surface area contributed by atoms with Crippen LogP contribution in [0.1, 0.15) is 6.92 Å². The second-order valence-electron chi connectivity index (χ2n) is 4.67. The minimum absolute atomic E-state index is 0.112. The molecular formula is C11H21N3O5. The van der Waals surface area contributed by atoms with Gasteiger partial charge in [-0.3, -0.25) is 0 Å². The van der Waals surface area contributed by atoms with Crippen LogP contribution in [-0.2, 0) is 9.53 Å². The van der Waals surface area contributed by atoms with Crippen LogP contribution in [0.15, 0.2) is 0 Å². The molecule has 0 aromatic rings. The second kappa shape index (κ2) is 7.27. The van der Waals surface area contributed by atoms with Crippen molar-refractivity contribution in [1.82, 2.24) is 15.5 Å². The topological polar surface area (TPSA) is 111 Å². The Morgan fingerprint density at radius 2 is 2.21 bits per heavy atom. The normalized spacial score (nSPS) is 23.4. The summed E-state index contributed by atoms with van der Waals surface area (Å²) in [7, 11) is 1.96. The predicted octanol–water partition coefficient (Wildman–Crippen LogP) is -1.55. The van der Waals surface area contributed by atoms with Gasteiger partial charge in [0, 0.05) is 19.6 Å². The fourth-order valence-corrected chi connectivity index (χ4v) is 1.78. The molecule has 8 heteroatoms. The van der Waals surface area contributed by atoms with Crippen LogP contribution in [-0.4, -0.2) is 78.7 Å². The van der Waals surface area contributed by atoms with Crippen LogP contribution >= 0.6 is 0 Å². The molecular weight excluding hydrogens is 254 g/mol. The highest BCUT2D eigenvalue weighted by Crippen LogP contribution is 2.01. The quantitative estimate of drug-likeness (QED) is 0.483. The number of nitrogens with one attached hydrogen (secondary N) is 2. The Labute approximate surface area is 111 Å². The van der Waals surface area contributed by atoms with Gasteiger partial charge in [0.1, 0.15) is 0 Å². The summed E-state index contributed by atoms with van der Waals surface area (Å²) in [5, 5.41) is 22.8. The molecule has 110 valence electrons. The summed E-state index contributed by atoms with van der Waals surface area (Å²) >= 11 is 0. The zero-order valence-corrected chi connectivity index (χ0v) is 11.1. The summed E-state index contributed by atoms with van der Waals surface area (Å²) in [6, 6.07) is -1.96. The number of carboxylic acid groups (broad SMARTS) is 1. The number of aliphatic hydroxyl groups excluding tert-OH is 1. The first-order valence-corrected chi connectivity index (χ1v) is 6.15. The monoisotopic (exact) mass is 275 g/mol. The minimum atomic E-state index is -1.32. The highest BCUT2D eigenvalue weighted by atomic mass is 16.5. The lowest BCUT2D eigenvalue weighted by Crippen LogP contribution is -2.53. The molecule has 1 saturated heterocycles. The van der Waals surface area contributed by atoms with E-state index in [4.69, 9.17) is 9.84 Å². The summed E-state index contributed by atoms with van der Waals surface area (Å²) in [5.74, 6) is -1.28. The molecule has 3 atom stereocenters. The van der Waals surface area contributed by atoms with E-state index < -0.39 is 24.1 Å². The summed E-state index contributed by atoms with van der Waals surface area (Å²) < 4.78 is 5.45. The fraction of sp³-hybridized carbons (Fsp3) is 0.818. The van der Waals surface area contributed by atoms with Crippen molar-refractivity contribution in [2.45, 2.75) is 25.2 Å². The van der Waals surface area contributed by atoms with E-state index >= 15 is 0 Å². The van der Waals surface area contributed by atoms with E-state index in [9.17, 15) is 14.7 Å². The number of carboxylic acids is 1. The van der Waals surface area contributed by atoms with E-state index in [2.05, 4.69) is 15.5 Å². The van der Waals surface area contributed by atoms with Crippen molar-refractivity contribution in [1.29, 1.82) is 0 Å². The highest BCUT2D eigenvalue weighted by molar-refractivity contribution is 5.82. The molecule has 1 rings (SSSR count). The van der Waals surface area contributed by atoms with E-state index in [1.54, 1.807) is 0 Å². The lowest BCUT2D eigenvalue weighted by molar-refractivity contribution is -0.141. The molecule has 2 amide bonds. The van der Waals surface area contributed by atoms with Crippen LogP contribution in [0.5, 0.6) is 0 Å². The largest absolute Gasteiger partial charge is 0.480 e. The van der Waals surface area contributed by atoms with Crippen LogP contribution < -0.4 is 10.6 Å². The number of carbonyl (C=O) groups excluding carboxylic acids is 1. The van der Waals surface area contributed by atoms with Crippen LogP contribution in [0.25, 0.3) is 0 Å². The number of amides is 2. The number of urea groups is 1. The number of rotatable bonds is 5. The Morgan fingerprint density at radius 1 is 1.53 bits per heavy atom. The van der Waals surface area contributed by atoms with Crippen molar-refractivity contribution in [3.63, 3.8) is 0 Å². The molecule has 3 unspecified atom stereocenters. The zero-order chi connectivity index (χ0) is 14.4. The third-order valence-corrected chi connectivity index (χ3v) is 2.87. The average molecular weight is 275 g/mol. The summed E-state index contributed by atoms with van der Waals surface area (Å²) in [6.45, 7) is 3.77. The molecule has 1 aliphatic rings. The Morgan fingerprint density at radius 3 is 2.74 bits per heavy atom. The maximum atomic E-state index is 11.5. The molecule has 4 N–H and O–H groups in total. The van der Waals surface area contributed by atoms with Gasteiger partial charge in [-0.2, -0.15) is 0 Å². The van der Waals surface area contributed by atoms with Gasteiger partial charge in [-0.15, -0.1) is 0 Å². The van der Waals surface area contributed by atoms with Gasteiger partial charge in [-0.1, -0.05) is 0 Å². The maximum Gasteiger partial charge on any atom is 0.328 e. The van der Waals surface area contributed by atoms with Crippen LogP contribution in [0.3, 0.4) is 0 Å². The number of ether oxygens (including phenoxy) is 1. The minimum Gasteiger partial charge on any atom is -0.480 e. The molecule has 0 aromatic carbocycles. The van der Waals surface area contributed by atoms with Crippen molar-refractivity contribution in [3.8, 4) is 0 Å². The first-order chi connectivity index (χ1) is 8.90. The van der Waals surface area contributed by atoms with Crippen LogP contribution in [0.2, 0.25) is 0 Å². The van der Waals surface area contributed by atoms with Gasteiger partial charge in [0.05, 0.1) is 18.8 Å².